The summed E-state index contributed by atoms with van der Waals surface area (Å²) in [5.41, 5.74) is 2.15. The molecule has 25 heavy (non-hydrogen) atoms. The maximum Gasteiger partial charge on any atom is 0.274 e. The van der Waals surface area contributed by atoms with E-state index >= 15 is 0 Å². The van der Waals surface area contributed by atoms with Crippen LogP contribution in [0.25, 0.3) is 0 Å². The molecule has 2 heterocycles. The minimum atomic E-state index is -0.342. The summed E-state index contributed by atoms with van der Waals surface area (Å²) in [6.07, 6.45) is 3.61. The topological polar surface area (TPSA) is 74.3 Å². The van der Waals surface area contributed by atoms with Gasteiger partial charge in [0, 0.05) is 26.3 Å². The Morgan fingerprint density at radius 3 is 2.52 bits per heavy atom. The molecule has 130 valence electrons. The van der Waals surface area contributed by atoms with Gasteiger partial charge in [-0.25, -0.2) is 0 Å². The summed E-state index contributed by atoms with van der Waals surface area (Å²) in [5, 5.41) is 6.01. The first kappa shape index (κ1) is 17.2. The standard InChI is InChI=1S/C18H19ClN4O2/c1-20-17(24)12-7-8-15(21-11-12)18(25)22-14-6-4-5-13(19)16(14)23-9-2-3-10-23/h4-8,11H,2-3,9-10H2,1H3,(H,20,24)(H,22,25). The molecule has 1 aliphatic rings. The number of hydrogen-bond acceptors (Lipinski definition) is 4. The van der Waals surface area contributed by atoms with Gasteiger partial charge >= 0.3 is 0 Å². The summed E-state index contributed by atoms with van der Waals surface area (Å²) in [4.78, 5) is 30.3. The minimum Gasteiger partial charge on any atom is -0.369 e. The van der Waals surface area contributed by atoms with Crippen LogP contribution in [-0.2, 0) is 0 Å². The fourth-order valence-electron chi connectivity index (χ4n) is 2.87. The predicted octanol–water partition coefficient (Wildman–Crippen LogP) is 2.95. The molecule has 1 aromatic carbocycles. The van der Waals surface area contributed by atoms with Gasteiger partial charge in [0.2, 0.25) is 0 Å². The molecule has 0 spiro atoms. The number of pyridine rings is 1. The molecule has 0 bridgehead atoms. The lowest BCUT2D eigenvalue weighted by molar-refractivity contribution is 0.0960. The van der Waals surface area contributed by atoms with Crippen LogP contribution in [0, 0.1) is 0 Å². The van der Waals surface area contributed by atoms with Crippen molar-refractivity contribution in [2.45, 2.75) is 12.8 Å². The number of rotatable bonds is 4. The van der Waals surface area contributed by atoms with Crippen molar-refractivity contribution in [2.75, 3.05) is 30.4 Å². The van der Waals surface area contributed by atoms with Crippen molar-refractivity contribution in [3.05, 3.63) is 52.8 Å². The number of hydrogen-bond donors (Lipinski definition) is 2. The van der Waals surface area contributed by atoms with E-state index in [1.54, 1.807) is 19.2 Å². The first-order chi connectivity index (χ1) is 12.1. The van der Waals surface area contributed by atoms with Gasteiger partial charge in [-0.3, -0.25) is 14.6 Å². The van der Waals surface area contributed by atoms with Crippen LogP contribution in [0.5, 0.6) is 0 Å². The van der Waals surface area contributed by atoms with Gasteiger partial charge < -0.3 is 15.5 Å². The molecule has 6 nitrogen and oxygen atoms in total. The number of benzene rings is 1. The lowest BCUT2D eigenvalue weighted by Gasteiger charge is -2.22. The highest BCUT2D eigenvalue weighted by Crippen LogP contribution is 2.36. The van der Waals surface area contributed by atoms with Gasteiger partial charge in [-0.1, -0.05) is 17.7 Å². The molecule has 1 aromatic heterocycles. The zero-order valence-electron chi connectivity index (χ0n) is 13.9. The number of aromatic nitrogens is 1. The van der Waals surface area contributed by atoms with E-state index < -0.39 is 0 Å². The van der Waals surface area contributed by atoms with E-state index in [0.29, 0.717) is 16.3 Å². The number of para-hydroxylation sites is 1. The second kappa shape index (κ2) is 7.53. The molecule has 3 rings (SSSR count). The molecule has 0 atom stereocenters. The highest BCUT2D eigenvalue weighted by Gasteiger charge is 2.20. The lowest BCUT2D eigenvalue weighted by Crippen LogP contribution is -2.22. The second-order valence-corrected chi connectivity index (χ2v) is 6.20. The van der Waals surface area contributed by atoms with Crippen molar-refractivity contribution >= 4 is 34.8 Å². The molecule has 0 radical (unpaired) electrons. The Kier molecular flexibility index (Phi) is 5.19. The smallest absolute Gasteiger partial charge is 0.274 e. The van der Waals surface area contributed by atoms with Crippen LogP contribution in [0.15, 0.2) is 36.5 Å². The van der Waals surface area contributed by atoms with Crippen LogP contribution >= 0.6 is 11.6 Å². The molecule has 0 aliphatic carbocycles. The number of nitrogens with zero attached hydrogens (tertiary/aromatic N) is 2. The van der Waals surface area contributed by atoms with Gasteiger partial charge in [-0.15, -0.1) is 0 Å². The molecule has 0 saturated carbocycles. The molecule has 2 amide bonds. The Morgan fingerprint density at radius 1 is 1.12 bits per heavy atom. The van der Waals surface area contributed by atoms with Crippen molar-refractivity contribution in [1.29, 1.82) is 0 Å². The van der Waals surface area contributed by atoms with Gasteiger partial charge in [0.15, 0.2) is 0 Å². The largest absolute Gasteiger partial charge is 0.369 e. The molecule has 2 aromatic rings. The molecule has 1 saturated heterocycles. The summed E-state index contributed by atoms with van der Waals surface area (Å²) < 4.78 is 0. The zero-order valence-corrected chi connectivity index (χ0v) is 14.6. The Balaban J connectivity index is 1.81. The molecule has 1 fully saturated rings. The summed E-state index contributed by atoms with van der Waals surface area (Å²) in [6.45, 7) is 1.84. The highest BCUT2D eigenvalue weighted by molar-refractivity contribution is 6.34. The monoisotopic (exact) mass is 358 g/mol. The third-order valence-corrected chi connectivity index (χ3v) is 4.45. The summed E-state index contributed by atoms with van der Waals surface area (Å²) in [6, 6.07) is 8.55. The van der Waals surface area contributed by atoms with E-state index in [0.717, 1.165) is 31.6 Å². The summed E-state index contributed by atoms with van der Waals surface area (Å²) >= 11 is 6.36. The van der Waals surface area contributed by atoms with Crippen LogP contribution in [0.3, 0.4) is 0 Å². The first-order valence-electron chi connectivity index (χ1n) is 8.13. The van der Waals surface area contributed by atoms with Crippen LogP contribution in [0.2, 0.25) is 5.02 Å². The molecule has 2 N–H and O–H groups in total. The van der Waals surface area contributed by atoms with Crippen LogP contribution in [-0.4, -0.2) is 36.9 Å². The van der Waals surface area contributed by atoms with Crippen molar-refractivity contribution in [3.8, 4) is 0 Å². The number of amides is 2. The first-order valence-corrected chi connectivity index (χ1v) is 8.51. The quantitative estimate of drug-likeness (QED) is 0.881. The van der Waals surface area contributed by atoms with Gasteiger partial charge in [0.1, 0.15) is 5.69 Å². The summed E-state index contributed by atoms with van der Waals surface area (Å²) in [5.74, 6) is -0.586. The van der Waals surface area contributed by atoms with Crippen molar-refractivity contribution < 1.29 is 9.59 Å². The predicted molar refractivity (Wildman–Crippen MR) is 98.5 cm³/mol. The van der Waals surface area contributed by atoms with Gasteiger partial charge in [0.25, 0.3) is 11.8 Å². The third kappa shape index (κ3) is 3.74. The maximum atomic E-state index is 12.5. The second-order valence-electron chi connectivity index (χ2n) is 5.80. The summed E-state index contributed by atoms with van der Waals surface area (Å²) in [7, 11) is 1.54. The number of carbonyl (C=O) groups excluding carboxylic acids is 2. The van der Waals surface area contributed by atoms with Crippen molar-refractivity contribution in [2.24, 2.45) is 0 Å². The molecule has 7 heteroatoms. The zero-order chi connectivity index (χ0) is 17.8. The number of nitrogens with one attached hydrogen (secondary N) is 2. The molecule has 1 aliphatic heterocycles. The lowest BCUT2D eigenvalue weighted by atomic mass is 10.2. The van der Waals surface area contributed by atoms with Gasteiger partial charge in [-0.05, 0) is 37.1 Å². The molecular weight excluding hydrogens is 340 g/mol. The average molecular weight is 359 g/mol. The van der Waals surface area contributed by atoms with Crippen molar-refractivity contribution in [3.63, 3.8) is 0 Å². The minimum absolute atomic E-state index is 0.236. The van der Waals surface area contributed by atoms with E-state index in [4.69, 9.17) is 11.6 Å². The maximum absolute atomic E-state index is 12.5. The SMILES string of the molecule is CNC(=O)c1ccc(C(=O)Nc2cccc(Cl)c2N2CCCC2)nc1. The average Bonchev–Trinajstić information content (AvgIpc) is 3.15. The Morgan fingerprint density at radius 2 is 1.88 bits per heavy atom. The van der Waals surface area contributed by atoms with E-state index in [1.165, 1.54) is 12.3 Å². The Hall–Kier alpha value is -2.60. The fourth-order valence-corrected chi connectivity index (χ4v) is 3.17. The van der Waals surface area contributed by atoms with Gasteiger partial charge in [-0.2, -0.15) is 0 Å². The molecule has 0 unspecified atom stereocenters. The van der Waals surface area contributed by atoms with E-state index in [9.17, 15) is 9.59 Å². The Bertz CT molecular complexity index is 786. The highest BCUT2D eigenvalue weighted by atomic mass is 35.5. The third-order valence-electron chi connectivity index (χ3n) is 4.14. The van der Waals surface area contributed by atoms with Crippen LogP contribution < -0.4 is 15.5 Å². The van der Waals surface area contributed by atoms with E-state index in [1.807, 2.05) is 12.1 Å². The number of carbonyl (C=O) groups is 2. The van der Waals surface area contributed by atoms with Crippen LogP contribution in [0.1, 0.15) is 33.7 Å². The van der Waals surface area contributed by atoms with E-state index in [-0.39, 0.29) is 17.5 Å². The Labute approximate surface area is 151 Å². The van der Waals surface area contributed by atoms with Crippen molar-refractivity contribution in [1.82, 2.24) is 10.3 Å². The number of anilines is 2. The van der Waals surface area contributed by atoms with Gasteiger partial charge in [0.05, 0.1) is 22.0 Å². The fraction of sp³-hybridized carbons (Fsp3) is 0.278. The van der Waals surface area contributed by atoms with Crippen LogP contribution in [0.4, 0.5) is 11.4 Å². The van der Waals surface area contributed by atoms with E-state index in [2.05, 4.69) is 20.5 Å². The molecular formula is C18H19ClN4O2. The normalized spacial score (nSPS) is 13.6. The number of halogens is 1.